The number of hydrogen-bond donors (Lipinski definition) is 1. The van der Waals surface area contributed by atoms with Gasteiger partial charge in [0.1, 0.15) is 17.2 Å². The zero-order valence-corrected chi connectivity index (χ0v) is 16.0. The maximum Gasteiger partial charge on any atom is 0.341 e. The Hall–Kier alpha value is -2.93. The summed E-state index contributed by atoms with van der Waals surface area (Å²) in [7, 11) is 3.08. The molecule has 1 N–H and O–H groups in total. The molecule has 0 saturated heterocycles. The summed E-state index contributed by atoms with van der Waals surface area (Å²) in [6.07, 6.45) is 4.95. The van der Waals surface area contributed by atoms with Crippen molar-refractivity contribution in [1.82, 2.24) is 0 Å². The first kappa shape index (κ1) is 20.4. The van der Waals surface area contributed by atoms with Gasteiger partial charge >= 0.3 is 5.97 Å². The Morgan fingerprint density at radius 3 is 2.33 bits per heavy atom. The quantitative estimate of drug-likeness (QED) is 0.398. The van der Waals surface area contributed by atoms with Gasteiger partial charge < -0.3 is 19.3 Å². The second kappa shape index (κ2) is 9.68. The van der Waals surface area contributed by atoms with E-state index < -0.39 is 12.6 Å². The Balaban J connectivity index is 2.33. The number of allylic oxidation sites excluding steroid dienone is 1. The van der Waals surface area contributed by atoms with Crippen LogP contribution in [0.15, 0.2) is 47.4 Å². The van der Waals surface area contributed by atoms with E-state index in [9.17, 15) is 9.59 Å². The summed E-state index contributed by atoms with van der Waals surface area (Å²) in [4.78, 5) is 24.3. The smallest absolute Gasteiger partial charge is 0.341 e. The summed E-state index contributed by atoms with van der Waals surface area (Å²) in [5, 5.41) is 8.86. The van der Waals surface area contributed by atoms with E-state index in [2.05, 4.69) is 0 Å². The van der Waals surface area contributed by atoms with Crippen LogP contribution in [0.1, 0.15) is 15.9 Å². The zero-order valence-electron chi connectivity index (χ0n) is 15.2. The van der Waals surface area contributed by atoms with Crippen molar-refractivity contribution in [2.45, 2.75) is 4.90 Å². The number of ether oxygens (including phenoxy) is 3. The average Bonchev–Trinajstić information content (AvgIpc) is 2.69. The van der Waals surface area contributed by atoms with Crippen LogP contribution >= 0.6 is 11.8 Å². The summed E-state index contributed by atoms with van der Waals surface area (Å²) < 4.78 is 15.7. The van der Waals surface area contributed by atoms with Crippen molar-refractivity contribution in [3.63, 3.8) is 0 Å². The molecule has 0 aliphatic heterocycles. The predicted octanol–water partition coefficient (Wildman–Crippen LogP) is 3.79. The SMILES string of the molecule is COc1ccc(C=CC(=O)c2cc(SC)c(OC)cc2OCC(=O)O)cc1. The molecule has 0 aromatic heterocycles. The van der Waals surface area contributed by atoms with Gasteiger partial charge in [0, 0.05) is 6.07 Å². The van der Waals surface area contributed by atoms with Crippen molar-refractivity contribution >= 4 is 29.6 Å². The molecule has 0 saturated carbocycles. The van der Waals surface area contributed by atoms with E-state index in [1.54, 1.807) is 31.4 Å². The Bertz CT molecular complexity index is 842. The Morgan fingerprint density at radius 1 is 1.07 bits per heavy atom. The van der Waals surface area contributed by atoms with E-state index in [0.29, 0.717) is 5.75 Å². The molecule has 0 aliphatic carbocycles. The number of methoxy groups -OCH3 is 2. The van der Waals surface area contributed by atoms with E-state index in [4.69, 9.17) is 19.3 Å². The minimum Gasteiger partial charge on any atom is -0.497 e. The predicted molar refractivity (Wildman–Crippen MR) is 104 cm³/mol. The van der Waals surface area contributed by atoms with Gasteiger partial charge in [-0.2, -0.15) is 0 Å². The zero-order chi connectivity index (χ0) is 19.8. The lowest BCUT2D eigenvalue weighted by molar-refractivity contribution is -0.139. The highest BCUT2D eigenvalue weighted by Gasteiger charge is 2.16. The molecule has 2 aromatic carbocycles. The lowest BCUT2D eigenvalue weighted by atomic mass is 10.1. The van der Waals surface area contributed by atoms with E-state index in [1.807, 2.05) is 18.4 Å². The molecule has 0 radical (unpaired) electrons. The van der Waals surface area contributed by atoms with Gasteiger partial charge in [-0.3, -0.25) is 4.79 Å². The van der Waals surface area contributed by atoms with Crippen LogP contribution in [0, 0.1) is 0 Å². The van der Waals surface area contributed by atoms with E-state index in [1.165, 1.54) is 31.0 Å². The first-order valence-electron chi connectivity index (χ1n) is 7.95. The van der Waals surface area contributed by atoms with E-state index >= 15 is 0 Å². The molecule has 7 heteroatoms. The molecule has 2 rings (SSSR count). The minimum atomic E-state index is -1.13. The molecule has 142 valence electrons. The maximum absolute atomic E-state index is 12.7. The van der Waals surface area contributed by atoms with Crippen LogP contribution in [-0.2, 0) is 4.79 Å². The van der Waals surface area contributed by atoms with Gasteiger partial charge in [-0.25, -0.2) is 4.79 Å². The van der Waals surface area contributed by atoms with Gasteiger partial charge in [0.2, 0.25) is 0 Å². The Labute approximate surface area is 161 Å². The number of carbonyl (C=O) groups is 2. The number of ketones is 1. The molecule has 0 unspecified atom stereocenters. The van der Waals surface area contributed by atoms with Crippen molar-refractivity contribution in [2.75, 3.05) is 27.1 Å². The average molecular weight is 388 g/mol. The van der Waals surface area contributed by atoms with Crippen LogP contribution in [0.2, 0.25) is 0 Å². The standard InChI is InChI=1S/C20H20O6S/c1-24-14-7-4-13(5-8-14)6-9-16(21)15-10-19(27-3)18(25-2)11-17(15)26-12-20(22)23/h4-11H,12H2,1-3H3,(H,22,23). The van der Waals surface area contributed by atoms with E-state index in [0.717, 1.165) is 16.2 Å². The first-order chi connectivity index (χ1) is 13.0. The highest BCUT2D eigenvalue weighted by atomic mass is 32.2. The number of carbonyl (C=O) groups excluding carboxylic acids is 1. The van der Waals surface area contributed by atoms with Crippen molar-refractivity contribution in [3.8, 4) is 17.2 Å². The molecule has 0 aliphatic rings. The molecule has 6 nitrogen and oxygen atoms in total. The van der Waals surface area contributed by atoms with Gasteiger partial charge in [0.05, 0.1) is 24.7 Å². The minimum absolute atomic E-state index is 0.163. The summed E-state index contributed by atoms with van der Waals surface area (Å²) >= 11 is 1.42. The van der Waals surface area contributed by atoms with Gasteiger partial charge in [-0.15, -0.1) is 11.8 Å². The number of aliphatic carboxylic acids is 1. The number of carboxylic acid groups (broad SMARTS) is 1. The monoisotopic (exact) mass is 388 g/mol. The first-order valence-corrected chi connectivity index (χ1v) is 9.18. The largest absolute Gasteiger partial charge is 0.497 e. The summed E-state index contributed by atoms with van der Waals surface area (Å²) in [5.74, 6) is -0.0307. The Kier molecular flexibility index (Phi) is 7.31. The fourth-order valence-electron chi connectivity index (χ4n) is 2.29. The highest BCUT2D eigenvalue weighted by Crippen LogP contribution is 2.35. The van der Waals surface area contributed by atoms with Gasteiger partial charge in [-0.1, -0.05) is 18.2 Å². The van der Waals surface area contributed by atoms with Gasteiger partial charge in [0.25, 0.3) is 0 Å². The summed E-state index contributed by atoms with van der Waals surface area (Å²) in [6, 6.07) is 10.4. The van der Waals surface area contributed by atoms with Crippen molar-refractivity contribution in [3.05, 3.63) is 53.6 Å². The molecule has 0 bridgehead atoms. The fraction of sp³-hybridized carbons (Fsp3) is 0.200. The van der Waals surface area contributed by atoms with Crippen LogP contribution in [0.4, 0.5) is 0 Å². The molecule has 0 atom stereocenters. The van der Waals surface area contributed by atoms with Crippen LogP contribution in [0.3, 0.4) is 0 Å². The summed E-state index contributed by atoms with van der Waals surface area (Å²) in [5.41, 5.74) is 1.10. The van der Waals surface area contributed by atoms with Crippen molar-refractivity contribution in [2.24, 2.45) is 0 Å². The Morgan fingerprint density at radius 2 is 1.78 bits per heavy atom. The molecule has 0 heterocycles. The molecular weight excluding hydrogens is 368 g/mol. The number of benzene rings is 2. The lowest BCUT2D eigenvalue weighted by Gasteiger charge is -2.13. The normalized spacial score (nSPS) is 10.6. The van der Waals surface area contributed by atoms with Gasteiger partial charge in [-0.05, 0) is 36.1 Å². The molecule has 0 amide bonds. The molecule has 0 fully saturated rings. The molecule has 0 spiro atoms. The van der Waals surface area contributed by atoms with Crippen LogP contribution in [0.25, 0.3) is 6.08 Å². The summed E-state index contributed by atoms with van der Waals surface area (Å²) in [6.45, 7) is -0.551. The second-order valence-corrected chi connectivity index (χ2v) is 6.20. The number of thioether (sulfide) groups is 1. The lowest BCUT2D eigenvalue weighted by Crippen LogP contribution is -2.12. The second-order valence-electron chi connectivity index (χ2n) is 5.36. The van der Waals surface area contributed by atoms with Crippen molar-refractivity contribution in [1.29, 1.82) is 0 Å². The van der Waals surface area contributed by atoms with Crippen LogP contribution in [0.5, 0.6) is 17.2 Å². The van der Waals surface area contributed by atoms with Gasteiger partial charge in [0.15, 0.2) is 12.4 Å². The number of hydrogen-bond acceptors (Lipinski definition) is 6. The van der Waals surface area contributed by atoms with Crippen LogP contribution < -0.4 is 14.2 Å². The third kappa shape index (κ3) is 5.52. The van der Waals surface area contributed by atoms with Crippen LogP contribution in [-0.4, -0.2) is 43.9 Å². The fourth-order valence-corrected chi connectivity index (χ4v) is 2.87. The molecule has 2 aromatic rings. The topological polar surface area (TPSA) is 82.1 Å². The third-order valence-corrected chi connectivity index (χ3v) is 4.40. The molecular formula is C20H20O6S. The van der Waals surface area contributed by atoms with E-state index in [-0.39, 0.29) is 17.1 Å². The number of rotatable bonds is 9. The number of carboxylic acids is 1. The third-order valence-electron chi connectivity index (χ3n) is 3.65. The molecule has 27 heavy (non-hydrogen) atoms. The highest BCUT2D eigenvalue weighted by molar-refractivity contribution is 7.98. The maximum atomic E-state index is 12.7. The van der Waals surface area contributed by atoms with Crippen molar-refractivity contribution < 1.29 is 28.9 Å².